The highest BCUT2D eigenvalue weighted by atomic mass is 16.6. The molecule has 0 radical (unpaired) electrons. The number of nitrogens with zero attached hydrogens (tertiary/aromatic N) is 6. The van der Waals surface area contributed by atoms with Crippen LogP contribution in [0.4, 0.5) is 11.5 Å². The first-order chi connectivity index (χ1) is 11.8. The second-order valence-corrected chi connectivity index (χ2v) is 5.33. The maximum atomic E-state index is 11.8. The molecule has 122 valence electrons. The minimum absolute atomic E-state index is 0.123. The van der Waals surface area contributed by atoms with E-state index in [0.717, 1.165) is 11.0 Å². The molecule has 3 heterocycles. The van der Waals surface area contributed by atoms with Crippen molar-refractivity contribution in [1.29, 1.82) is 0 Å². The lowest BCUT2D eigenvalue weighted by Crippen LogP contribution is -2.37. The number of anilines is 1. The van der Waals surface area contributed by atoms with Crippen LogP contribution in [0, 0.1) is 10.1 Å². The van der Waals surface area contributed by atoms with Crippen molar-refractivity contribution in [3.63, 3.8) is 0 Å². The van der Waals surface area contributed by atoms with E-state index in [1.54, 1.807) is 10.9 Å². The monoisotopic (exact) mass is 326 g/mol. The quantitative estimate of drug-likeness (QED) is 0.532. The van der Waals surface area contributed by atoms with Gasteiger partial charge >= 0.3 is 5.69 Å². The van der Waals surface area contributed by atoms with Crippen molar-refractivity contribution in [2.75, 3.05) is 31.2 Å². The summed E-state index contributed by atoms with van der Waals surface area (Å²) < 4.78 is 6.94. The SMILES string of the molecule is O=[N+]([O-])c1c(N2CCOCC2)ncnc1-n1cnc2ccccc21. The molecule has 2 aromatic heterocycles. The van der Waals surface area contributed by atoms with Crippen molar-refractivity contribution in [3.05, 3.63) is 47.0 Å². The first kappa shape index (κ1) is 14.5. The number of ether oxygens (including phenoxy) is 1. The number of imidazole rings is 1. The summed E-state index contributed by atoms with van der Waals surface area (Å²) in [7, 11) is 0. The van der Waals surface area contributed by atoms with E-state index < -0.39 is 4.92 Å². The zero-order valence-electron chi connectivity index (χ0n) is 12.7. The molecule has 9 heteroatoms. The van der Waals surface area contributed by atoms with Gasteiger partial charge in [-0.3, -0.25) is 14.7 Å². The minimum atomic E-state index is -0.436. The van der Waals surface area contributed by atoms with Crippen LogP contribution in [-0.4, -0.2) is 50.7 Å². The molecule has 0 N–H and O–H groups in total. The van der Waals surface area contributed by atoms with Crippen molar-refractivity contribution in [2.45, 2.75) is 0 Å². The molecule has 1 aliphatic heterocycles. The average Bonchev–Trinajstić information content (AvgIpc) is 3.05. The van der Waals surface area contributed by atoms with Crippen molar-refractivity contribution in [1.82, 2.24) is 19.5 Å². The molecule has 0 amide bonds. The van der Waals surface area contributed by atoms with Crippen LogP contribution in [0.3, 0.4) is 0 Å². The number of benzene rings is 1. The van der Waals surface area contributed by atoms with Crippen LogP contribution < -0.4 is 4.90 Å². The van der Waals surface area contributed by atoms with E-state index in [-0.39, 0.29) is 11.5 Å². The van der Waals surface area contributed by atoms with E-state index >= 15 is 0 Å². The summed E-state index contributed by atoms with van der Waals surface area (Å²) in [5, 5.41) is 11.8. The molecule has 0 aliphatic carbocycles. The topological polar surface area (TPSA) is 99.2 Å². The van der Waals surface area contributed by atoms with Gasteiger partial charge in [-0.1, -0.05) is 12.1 Å². The molecule has 0 spiro atoms. The Bertz CT molecular complexity index is 903. The first-order valence-electron chi connectivity index (χ1n) is 7.50. The molecule has 1 saturated heterocycles. The van der Waals surface area contributed by atoms with E-state index in [2.05, 4.69) is 15.0 Å². The molecule has 3 aromatic rings. The van der Waals surface area contributed by atoms with Gasteiger partial charge in [-0.25, -0.2) is 15.0 Å². The number of rotatable bonds is 3. The van der Waals surface area contributed by atoms with Gasteiger partial charge in [0.2, 0.25) is 11.6 Å². The Balaban J connectivity index is 1.90. The molecule has 0 bridgehead atoms. The van der Waals surface area contributed by atoms with Gasteiger partial charge < -0.3 is 9.64 Å². The number of aromatic nitrogens is 4. The van der Waals surface area contributed by atoms with Gasteiger partial charge in [0.05, 0.1) is 29.2 Å². The summed E-state index contributed by atoms with van der Waals surface area (Å²) in [6, 6.07) is 7.42. The zero-order valence-corrected chi connectivity index (χ0v) is 12.7. The predicted octanol–water partition coefficient (Wildman–Crippen LogP) is 1.56. The van der Waals surface area contributed by atoms with Crippen molar-refractivity contribution in [3.8, 4) is 5.82 Å². The molecule has 24 heavy (non-hydrogen) atoms. The summed E-state index contributed by atoms with van der Waals surface area (Å²) in [6.07, 6.45) is 2.89. The number of hydrogen-bond acceptors (Lipinski definition) is 7. The highest BCUT2D eigenvalue weighted by Crippen LogP contribution is 2.32. The van der Waals surface area contributed by atoms with Gasteiger partial charge in [0, 0.05) is 13.1 Å². The third kappa shape index (κ3) is 2.35. The van der Waals surface area contributed by atoms with Crippen LogP contribution in [0.25, 0.3) is 16.9 Å². The summed E-state index contributed by atoms with van der Waals surface area (Å²) in [5.74, 6) is 0.524. The summed E-state index contributed by atoms with van der Waals surface area (Å²) in [4.78, 5) is 25.8. The smallest absolute Gasteiger partial charge is 0.354 e. The van der Waals surface area contributed by atoms with E-state index in [4.69, 9.17) is 4.74 Å². The summed E-state index contributed by atoms with van der Waals surface area (Å²) in [6.45, 7) is 2.15. The third-order valence-corrected chi connectivity index (χ3v) is 3.96. The van der Waals surface area contributed by atoms with Crippen molar-refractivity contribution < 1.29 is 9.66 Å². The molecular weight excluding hydrogens is 312 g/mol. The minimum Gasteiger partial charge on any atom is -0.378 e. The molecule has 0 atom stereocenters. The fourth-order valence-corrected chi connectivity index (χ4v) is 2.83. The number of fused-ring (bicyclic) bond motifs is 1. The Morgan fingerprint density at radius 3 is 2.62 bits per heavy atom. The normalized spacial score (nSPS) is 14.9. The Morgan fingerprint density at radius 2 is 1.83 bits per heavy atom. The molecule has 9 nitrogen and oxygen atoms in total. The highest BCUT2D eigenvalue weighted by Gasteiger charge is 2.29. The summed E-state index contributed by atoms with van der Waals surface area (Å²) in [5.41, 5.74) is 1.38. The molecule has 0 unspecified atom stereocenters. The van der Waals surface area contributed by atoms with Crippen molar-refractivity contribution in [2.24, 2.45) is 0 Å². The van der Waals surface area contributed by atoms with Gasteiger partial charge in [-0.05, 0) is 12.1 Å². The highest BCUT2D eigenvalue weighted by molar-refractivity contribution is 5.79. The van der Waals surface area contributed by atoms with Gasteiger partial charge in [0.25, 0.3) is 0 Å². The standard InChI is InChI=1S/C15H14N6O3/c22-21(23)13-14(19-5-7-24-8-6-19)16-9-17-15(13)20-10-18-11-3-1-2-4-12(11)20/h1-4,9-10H,5-8H2. The number of para-hydroxylation sites is 2. The lowest BCUT2D eigenvalue weighted by atomic mass is 10.3. The van der Waals surface area contributed by atoms with Gasteiger partial charge in [-0.2, -0.15) is 0 Å². The second-order valence-electron chi connectivity index (χ2n) is 5.33. The average molecular weight is 326 g/mol. The number of nitro groups is 1. The molecular formula is C15H14N6O3. The summed E-state index contributed by atoms with van der Waals surface area (Å²) >= 11 is 0. The molecule has 1 fully saturated rings. The maximum absolute atomic E-state index is 11.8. The fraction of sp³-hybridized carbons (Fsp3) is 0.267. The van der Waals surface area contributed by atoms with E-state index in [9.17, 15) is 10.1 Å². The van der Waals surface area contributed by atoms with Crippen LogP contribution in [0.5, 0.6) is 0 Å². The van der Waals surface area contributed by atoms with E-state index in [1.165, 1.54) is 6.33 Å². The Morgan fingerprint density at radius 1 is 1.08 bits per heavy atom. The maximum Gasteiger partial charge on any atom is 0.354 e. The second kappa shape index (κ2) is 5.85. The largest absolute Gasteiger partial charge is 0.378 e. The van der Waals surface area contributed by atoms with Crippen molar-refractivity contribution >= 4 is 22.5 Å². The molecule has 4 rings (SSSR count). The molecule has 1 aromatic carbocycles. The molecule has 0 saturated carbocycles. The van der Waals surface area contributed by atoms with Crippen LogP contribution in [0.15, 0.2) is 36.9 Å². The number of morpholine rings is 1. The zero-order chi connectivity index (χ0) is 16.5. The Hall–Kier alpha value is -3.07. The molecule has 1 aliphatic rings. The first-order valence-corrected chi connectivity index (χ1v) is 7.50. The lowest BCUT2D eigenvalue weighted by Gasteiger charge is -2.27. The lowest BCUT2D eigenvalue weighted by molar-refractivity contribution is -0.384. The van der Waals surface area contributed by atoms with E-state index in [0.29, 0.717) is 32.1 Å². The Kier molecular flexibility index (Phi) is 3.54. The Labute approximate surface area is 136 Å². The third-order valence-electron chi connectivity index (χ3n) is 3.96. The van der Waals surface area contributed by atoms with Crippen LogP contribution >= 0.6 is 0 Å². The van der Waals surface area contributed by atoms with E-state index in [1.807, 2.05) is 29.2 Å². The van der Waals surface area contributed by atoms with Gasteiger partial charge in [0.15, 0.2) is 0 Å². The van der Waals surface area contributed by atoms with Crippen LogP contribution in [0.2, 0.25) is 0 Å². The van der Waals surface area contributed by atoms with Crippen LogP contribution in [-0.2, 0) is 4.74 Å². The number of hydrogen-bond donors (Lipinski definition) is 0. The van der Waals surface area contributed by atoms with Crippen LogP contribution in [0.1, 0.15) is 0 Å². The fourth-order valence-electron chi connectivity index (χ4n) is 2.83. The predicted molar refractivity (Wildman–Crippen MR) is 86.3 cm³/mol. The van der Waals surface area contributed by atoms with Gasteiger partial charge in [-0.15, -0.1) is 0 Å². The van der Waals surface area contributed by atoms with Gasteiger partial charge in [0.1, 0.15) is 12.7 Å².